The topological polar surface area (TPSA) is 91.6 Å². The monoisotopic (exact) mass is 457 g/mol. The second kappa shape index (κ2) is 8.94. The van der Waals surface area contributed by atoms with Crippen LogP contribution in [0.25, 0.3) is 0 Å². The molecule has 8 nitrogen and oxygen atoms in total. The quantitative estimate of drug-likeness (QED) is 0.687. The normalized spacial score (nSPS) is 23.0. The molecule has 0 radical (unpaired) electrons. The van der Waals surface area contributed by atoms with Gasteiger partial charge in [0.2, 0.25) is 17.7 Å². The molecule has 1 unspecified atom stereocenters. The van der Waals surface area contributed by atoms with E-state index in [1.165, 1.54) is 4.88 Å². The molecule has 1 aliphatic carbocycles. The van der Waals surface area contributed by atoms with Gasteiger partial charge in [-0.25, -0.2) is 0 Å². The lowest BCUT2D eigenvalue weighted by atomic mass is 9.76. The van der Waals surface area contributed by atoms with E-state index in [0.29, 0.717) is 30.7 Å². The van der Waals surface area contributed by atoms with Gasteiger partial charge in [0.1, 0.15) is 0 Å². The number of hydrogen-bond donors (Lipinski definition) is 1. The summed E-state index contributed by atoms with van der Waals surface area (Å²) in [5.74, 6) is 1.86. The summed E-state index contributed by atoms with van der Waals surface area (Å²) in [5, 5.41) is 9.10. The van der Waals surface area contributed by atoms with Gasteiger partial charge in [-0.3, -0.25) is 14.5 Å². The van der Waals surface area contributed by atoms with Crippen molar-refractivity contribution in [1.82, 2.24) is 25.3 Å². The van der Waals surface area contributed by atoms with E-state index in [9.17, 15) is 9.59 Å². The molecule has 3 fully saturated rings. The molecule has 2 aliphatic heterocycles. The van der Waals surface area contributed by atoms with E-state index in [4.69, 9.17) is 4.52 Å². The Kier molecular flexibility index (Phi) is 6.03. The summed E-state index contributed by atoms with van der Waals surface area (Å²) in [5.41, 5.74) is 0.0879. The SMILES string of the molecule is Cc1noc(C2CC3(CCN(C(=O)C4CC4)CC3)CN2CC(=O)NCCc2cccs2)n1. The first-order valence-electron chi connectivity index (χ1n) is 11.6. The van der Waals surface area contributed by atoms with Crippen molar-refractivity contribution in [3.63, 3.8) is 0 Å². The minimum absolute atomic E-state index is 0.0289. The maximum Gasteiger partial charge on any atom is 0.244 e. The summed E-state index contributed by atoms with van der Waals surface area (Å²) in [6, 6.07) is 4.08. The molecule has 3 aliphatic rings. The van der Waals surface area contributed by atoms with Gasteiger partial charge in [-0.05, 0) is 62.3 Å². The molecule has 2 aromatic rings. The highest BCUT2D eigenvalue weighted by Gasteiger charge is 2.49. The smallest absolute Gasteiger partial charge is 0.244 e. The van der Waals surface area contributed by atoms with Crippen LogP contribution in [0.2, 0.25) is 0 Å². The molecule has 0 aromatic carbocycles. The summed E-state index contributed by atoms with van der Waals surface area (Å²) in [6.07, 6.45) is 5.77. The lowest BCUT2D eigenvalue weighted by Crippen LogP contribution is -2.45. The lowest BCUT2D eigenvalue weighted by molar-refractivity contribution is -0.134. The third-order valence-electron chi connectivity index (χ3n) is 7.12. The molecule has 1 atom stereocenters. The summed E-state index contributed by atoms with van der Waals surface area (Å²) < 4.78 is 5.53. The largest absolute Gasteiger partial charge is 0.355 e. The number of piperidine rings is 1. The number of aromatic nitrogens is 2. The molecule has 1 saturated carbocycles. The van der Waals surface area contributed by atoms with Gasteiger partial charge in [0.15, 0.2) is 5.82 Å². The minimum atomic E-state index is -0.0510. The number of amides is 2. The number of thiophene rings is 1. The van der Waals surface area contributed by atoms with Crippen molar-refractivity contribution in [3.05, 3.63) is 34.1 Å². The maximum absolute atomic E-state index is 12.7. The van der Waals surface area contributed by atoms with Crippen LogP contribution in [0.1, 0.15) is 54.7 Å². The third-order valence-corrected chi connectivity index (χ3v) is 8.05. The fraction of sp³-hybridized carbons (Fsp3) is 0.652. The molecule has 9 heteroatoms. The zero-order valence-corrected chi connectivity index (χ0v) is 19.4. The second-order valence-electron chi connectivity index (χ2n) is 9.58. The highest BCUT2D eigenvalue weighted by molar-refractivity contribution is 7.09. The van der Waals surface area contributed by atoms with E-state index in [1.54, 1.807) is 11.3 Å². The van der Waals surface area contributed by atoms with Crippen LogP contribution in [0.15, 0.2) is 22.0 Å². The van der Waals surface area contributed by atoms with Crippen molar-refractivity contribution >= 4 is 23.2 Å². The average Bonchev–Trinajstić information content (AvgIpc) is 3.15. The van der Waals surface area contributed by atoms with Crippen LogP contribution in [0.5, 0.6) is 0 Å². The molecule has 2 amide bonds. The summed E-state index contributed by atoms with van der Waals surface area (Å²) in [7, 11) is 0. The first-order valence-corrected chi connectivity index (χ1v) is 12.5. The number of likely N-dealkylation sites (tertiary alicyclic amines) is 2. The average molecular weight is 458 g/mol. The Bertz CT molecular complexity index is 947. The van der Waals surface area contributed by atoms with Gasteiger partial charge in [-0.2, -0.15) is 4.98 Å². The van der Waals surface area contributed by atoms with E-state index in [0.717, 1.165) is 58.2 Å². The second-order valence-corrected chi connectivity index (χ2v) is 10.6. The van der Waals surface area contributed by atoms with Crippen LogP contribution in [0.4, 0.5) is 0 Å². The van der Waals surface area contributed by atoms with Gasteiger partial charge < -0.3 is 14.7 Å². The van der Waals surface area contributed by atoms with Crippen LogP contribution in [-0.4, -0.2) is 64.5 Å². The van der Waals surface area contributed by atoms with E-state index in [2.05, 4.69) is 36.7 Å². The Morgan fingerprint density at radius 1 is 1.31 bits per heavy atom. The fourth-order valence-electron chi connectivity index (χ4n) is 5.18. The molecule has 1 spiro atoms. The molecule has 0 bridgehead atoms. The number of rotatable bonds is 7. The zero-order chi connectivity index (χ0) is 22.1. The molecule has 2 aromatic heterocycles. The Morgan fingerprint density at radius 3 is 2.78 bits per heavy atom. The molecule has 4 heterocycles. The predicted octanol–water partition coefficient (Wildman–Crippen LogP) is 2.56. The third kappa shape index (κ3) is 4.73. The Morgan fingerprint density at radius 2 is 2.12 bits per heavy atom. The standard InChI is InChI=1S/C23H31N5O3S/c1-16-25-21(31-26-16)19-13-23(7-10-27(11-8-23)22(30)17-4-5-17)15-28(19)14-20(29)24-9-6-18-3-2-12-32-18/h2-3,12,17,19H,4-11,13-15H2,1H3,(H,24,29). The van der Waals surface area contributed by atoms with Crippen LogP contribution in [0.3, 0.4) is 0 Å². The van der Waals surface area contributed by atoms with E-state index in [1.807, 2.05) is 13.0 Å². The zero-order valence-electron chi connectivity index (χ0n) is 18.6. The fourth-order valence-corrected chi connectivity index (χ4v) is 5.88. The Balaban J connectivity index is 1.21. The molecular formula is C23H31N5O3S. The van der Waals surface area contributed by atoms with Crippen LogP contribution in [-0.2, 0) is 16.0 Å². The molecule has 1 N–H and O–H groups in total. The van der Waals surface area contributed by atoms with Crippen molar-refractivity contribution in [2.75, 3.05) is 32.7 Å². The summed E-state index contributed by atoms with van der Waals surface area (Å²) in [6.45, 7) is 5.23. The molecule has 5 rings (SSSR count). The Hall–Kier alpha value is -2.26. The van der Waals surface area contributed by atoms with Crippen molar-refractivity contribution < 1.29 is 14.1 Å². The van der Waals surface area contributed by atoms with Crippen LogP contribution in [0, 0.1) is 18.3 Å². The number of carbonyl (C=O) groups is 2. The predicted molar refractivity (Wildman–Crippen MR) is 120 cm³/mol. The van der Waals surface area contributed by atoms with E-state index < -0.39 is 0 Å². The first-order chi connectivity index (χ1) is 15.5. The highest BCUT2D eigenvalue weighted by Crippen LogP contribution is 2.49. The highest BCUT2D eigenvalue weighted by atomic mass is 32.1. The van der Waals surface area contributed by atoms with Gasteiger partial charge >= 0.3 is 0 Å². The molecule has 2 saturated heterocycles. The van der Waals surface area contributed by atoms with Crippen molar-refractivity contribution in [2.45, 2.75) is 51.5 Å². The van der Waals surface area contributed by atoms with Gasteiger partial charge in [0.05, 0.1) is 12.6 Å². The summed E-state index contributed by atoms with van der Waals surface area (Å²) >= 11 is 1.71. The number of nitrogens with one attached hydrogen (secondary N) is 1. The van der Waals surface area contributed by atoms with Gasteiger partial charge in [-0.1, -0.05) is 11.2 Å². The van der Waals surface area contributed by atoms with Crippen molar-refractivity contribution in [1.29, 1.82) is 0 Å². The molecule has 32 heavy (non-hydrogen) atoms. The minimum Gasteiger partial charge on any atom is -0.355 e. The van der Waals surface area contributed by atoms with Crippen LogP contribution < -0.4 is 5.32 Å². The van der Waals surface area contributed by atoms with E-state index in [-0.39, 0.29) is 23.3 Å². The molecular weight excluding hydrogens is 426 g/mol. The van der Waals surface area contributed by atoms with Gasteiger partial charge in [-0.15, -0.1) is 11.3 Å². The first kappa shape index (κ1) is 21.6. The summed E-state index contributed by atoms with van der Waals surface area (Å²) in [4.78, 5) is 35.2. The number of carbonyl (C=O) groups excluding carboxylic acids is 2. The Labute approximate surface area is 192 Å². The van der Waals surface area contributed by atoms with Crippen molar-refractivity contribution in [3.8, 4) is 0 Å². The van der Waals surface area contributed by atoms with Crippen molar-refractivity contribution in [2.24, 2.45) is 11.3 Å². The van der Waals surface area contributed by atoms with Gasteiger partial charge in [0, 0.05) is 37.0 Å². The van der Waals surface area contributed by atoms with Gasteiger partial charge in [0.25, 0.3) is 0 Å². The number of hydrogen-bond acceptors (Lipinski definition) is 7. The van der Waals surface area contributed by atoms with E-state index >= 15 is 0 Å². The maximum atomic E-state index is 12.7. The van der Waals surface area contributed by atoms with Crippen LogP contribution >= 0.6 is 11.3 Å². The molecule has 172 valence electrons. The lowest BCUT2D eigenvalue weighted by Gasteiger charge is -2.39. The number of nitrogens with zero attached hydrogens (tertiary/aromatic N) is 4. The number of aryl methyl sites for hydroxylation is 1.